The highest BCUT2D eigenvalue weighted by Gasteiger charge is 2.26. The van der Waals surface area contributed by atoms with E-state index in [2.05, 4.69) is 15.7 Å². The summed E-state index contributed by atoms with van der Waals surface area (Å²) in [5, 5.41) is 16.8. The third-order valence-corrected chi connectivity index (χ3v) is 4.66. The van der Waals surface area contributed by atoms with Crippen molar-refractivity contribution in [2.75, 3.05) is 6.54 Å². The molecule has 1 saturated carbocycles. The van der Waals surface area contributed by atoms with Gasteiger partial charge in [0.15, 0.2) is 0 Å². The van der Waals surface area contributed by atoms with Gasteiger partial charge in [0.2, 0.25) is 0 Å². The normalized spacial score (nSPS) is 16.3. The quantitative estimate of drug-likeness (QED) is 0.858. The summed E-state index contributed by atoms with van der Waals surface area (Å²) in [6.07, 6.45) is 2.14. The molecular weight excluding hydrogens is 268 g/mol. The van der Waals surface area contributed by atoms with Crippen molar-refractivity contribution in [1.82, 2.24) is 10.3 Å². The Bertz CT molecular complexity index is 560. The smallest absolute Gasteiger partial charge is 0.0959 e. The van der Waals surface area contributed by atoms with Crippen molar-refractivity contribution in [2.45, 2.75) is 38.3 Å². The molecule has 1 atom stereocenters. The highest BCUT2D eigenvalue weighted by atomic mass is 32.1. The molecule has 0 radical (unpaired) electrons. The Morgan fingerprint density at radius 1 is 1.35 bits per heavy atom. The van der Waals surface area contributed by atoms with Crippen molar-refractivity contribution in [3.8, 4) is 0 Å². The van der Waals surface area contributed by atoms with E-state index < -0.39 is 6.10 Å². The second kappa shape index (κ2) is 6.04. The van der Waals surface area contributed by atoms with Crippen LogP contribution in [0.25, 0.3) is 0 Å². The lowest BCUT2D eigenvalue weighted by Crippen LogP contribution is -2.21. The molecule has 1 fully saturated rings. The summed E-state index contributed by atoms with van der Waals surface area (Å²) >= 11 is 1.76. The molecule has 1 aromatic carbocycles. The molecule has 0 spiro atoms. The van der Waals surface area contributed by atoms with E-state index >= 15 is 0 Å². The van der Waals surface area contributed by atoms with Gasteiger partial charge in [-0.05, 0) is 25.3 Å². The minimum atomic E-state index is -0.461. The van der Waals surface area contributed by atoms with Crippen LogP contribution < -0.4 is 5.32 Å². The first kappa shape index (κ1) is 13.7. The number of nitrogens with one attached hydrogen (secondary N) is 1. The summed E-state index contributed by atoms with van der Waals surface area (Å²) in [5.41, 5.74) is 3.26. The van der Waals surface area contributed by atoms with Gasteiger partial charge in [0.05, 0.1) is 16.8 Å². The van der Waals surface area contributed by atoms with Gasteiger partial charge in [0.25, 0.3) is 0 Å². The molecule has 20 heavy (non-hydrogen) atoms. The van der Waals surface area contributed by atoms with Gasteiger partial charge in [-0.3, -0.25) is 0 Å². The van der Waals surface area contributed by atoms with Gasteiger partial charge >= 0.3 is 0 Å². The number of nitrogens with zero attached hydrogens (tertiary/aromatic N) is 1. The van der Waals surface area contributed by atoms with Gasteiger partial charge in [0.1, 0.15) is 0 Å². The standard InChI is InChI=1S/C16H20N2OS/c1-11-2-4-12(5-3-11)15(19)9-17-8-14-10-20-16(18-14)13-6-7-13/h2-5,10,13,15,17,19H,6-9H2,1H3. The zero-order valence-corrected chi connectivity index (χ0v) is 12.5. The number of rotatable bonds is 6. The molecule has 4 heteroatoms. The second-order valence-electron chi connectivity index (χ2n) is 5.51. The maximum absolute atomic E-state index is 10.1. The van der Waals surface area contributed by atoms with Gasteiger partial charge in [-0.15, -0.1) is 11.3 Å². The second-order valence-corrected chi connectivity index (χ2v) is 6.40. The third kappa shape index (κ3) is 3.45. The first-order valence-corrected chi connectivity index (χ1v) is 8.00. The number of thiazole rings is 1. The van der Waals surface area contributed by atoms with Crippen LogP contribution in [0.3, 0.4) is 0 Å². The van der Waals surface area contributed by atoms with Crippen LogP contribution in [0.5, 0.6) is 0 Å². The van der Waals surface area contributed by atoms with E-state index in [1.807, 2.05) is 31.2 Å². The minimum Gasteiger partial charge on any atom is -0.387 e. The Morgan fingerprint density at radius 3 is 2.80 bits per heavy atom. The fourth-order valence-corrected chi connectivity index (χ4v) is 3.16. The lowest BCUT2D eigenvalue weighted by atomic mass is 10.1. The number of aryl methyl sites for hydroxylation is 1. The Labute approximate surface area is 123 Å². The van der Waals surface area contributed by atoms with E-state index in [0.717, 1.165) is 23.7 Å². The lowest BCUT2D eigenvalue weighted by Gasteiger charge is -2.11. The number of hydrogen-bond acceptors (Lipinski definition) is 4. The summed E-state index contributed by atoms with van der Waals surface area (Å²) < 4.78 is 0. The molecule has 0 amide bonds. The average molecular weight is 288 g/mol. The molecule has 3 rings (SSSR count). The summed E-state index contributed by atoms with van der Waals surface area (Å²) in [6, 6.07) is 8.02. The highest BCUT2D eigenvalue weighted by Crippen LogP contribution is 2.41. The molecule has 106 valence electrons. The number of benzene rings is 1. The van der Waals surface area contributed by atoms with Crippen molar-refractivity contribution < 1.29 is 5.11 Å². The number of aliphatic hydroxyl groups excluding tert-OH is 1. The van der Waals surface area contributed by atoms with Crippen molar-refractivity contribution in [2.24, 2.45) is 0 Å². The summed E-state index contributed by atoms with van der Waals surface area (Å²) in [6.45, 7) is 3.33. The Morgan fingerprint density at radius 2 is 2.10 bits per heavy atom. The first-order chi connectivity index (χ1) is 9.72. The number of aromatic nitrogens is 1. The highest BCUT2D eigenvalue weighted by molar-refractivity contribution is 7.09. The minimum absolute atomic E-state index is 0.461. The molecule has 0 saturated heterocycles. The maximum atomic E-state index is 10.1. The first-order valence-electron chi connectivity index (χ1n) is 7.12. The number of hydrogen-bond donors (Lipinski definition) is 2. The molecule has 0 aliphatic heterocycles. The van der Waals surface area contributed by atoms with Gasteiger partial charge in [-0.2, -0.15) is 0 Å². The molecule has 0 bridgehead atoms. The maximum Gasteiger partial charge on any atom is 0.0959 e. The van der Waals surface area contributed by atoms with Crippen molar-refractivity contribution in [3.63, 3.8) is 0 Å². The average Bonchev–Trinajstić information content (AvgIpc) is 3.20. The van der Waals surface area contributed by atoms with Crippen LogP contribution in [0.2, 0.25) is 0 Å². The lowest BCUT2D eigenvalue weighted by molar-refractivity contribution is 0.174. The molecule has 3 nitrogen and oxygen atoms in total. The van der Waals surface area contributed by atoms with Crippen molar-refractivity contribution in [3.05, 3.63) is 51.5 Å². The van der Waals surface area contributed by atoms with Crippen molar-refractivity contribution in [1.29, 1.82) is 0 Å². The van der Waals surface area contributed by atoms with Crippen LogP contribution in [0.4, 0.5) is 0 Å². The SMILES string of the molecule is Cc1ccc(C(O)CNCc2csc(C3CC3)n2)cc1. The molecule has 1 unspecified atom stereocenters. The van der Waals surface area contributed by atoms with Crippen molar-refractivity contribution >= 4 is 11.3 Å². The fraction of sp³-hybridized carbons (Fsp3) is 0.438. The van der Waals surface area contributed by atoms with Crippen LogP contribution in [0.1, 0.15) is 46.7 Å². The van der Waals surface area contributed by atoms with Gasteiger partial charge in [-0.1, -0.05) is 29.8 Å². The largest absolute Gasteiger partial charge is 0.387 e. The fourth-order valence-electron chi connectivity index (χ4n) is 2.17. The van der Waals surface area contributed by atoms with Crippen LogP contribution in [0.15, 0.2) is 29.6 Å². The van der Waals surface area contributed by atoms with E-state index in [9.17, 15) is 5.11 Å². The van der Waals surface area contributed by atoms with E-state index in [-0.39, 0.29) is 0 Å². The van der Waals surface area contributed by atoms with Gasteiger partial charge < -0.3 is 10.4 Å². The van der Waals surface area contributed by atoms with Crippen LogP contribution >= 0.6 is 11.3 Å². The molecule has 1 aliphatic rings. The van der Waals surface area contributed by atoms with E-state index in [1.54, 1.807) is 11.3 Å². The van der Waals surface area contributed by atoms with E-state index in [1.165, 1.54) is 23.4 Å². The monoisotopic (exact) mass is 288 g/mol. The predicted molar refractivity (Wildman–Crippen MR) is 81.9 cm³/mol. The molecular formula is C16H20N2OS. The summed E-state index contributed by atoms with van der Waals surface area (Å²) in [7, 11) is 0. The van der Waals surface area contributed by atoms with Gasteiger partial charge in [-0.25, -0.2) is 4.98 Å². The summed E-state index contributed by atoms with van der Waals surface area (Å²) in [4.78, 5) is 4.63. The van der Waals surface area contributed by atoms with E-state index in [4.69, 9.17) is 0 Å². The molecule has 2 N–H and O–H groups in total. The number of aliphatic hydroxyl groups is 1. The molecule has 2 aromatic rings. The Hall–Kier alpha value is -1.23. The summed E-state index contributed by atoms with van der Waals surface area (Å²) in [5.74, 6) is 0.729. The van der Waals surface area contributed by atoms with Crippen LogP contribution in [0, 0.1) is 6.92 Å². The zero-order chi connectivity index (χ0) is 13.9. The Balaban J connectivity index is 1.47. The molecule has 1 aromatic heterocycles. The molecule has 1 aliphatic carbocycles. The van der Waals surface area contributed by atoms with Crippen LogP contribution in [-0.4, -0.2) is 16.6 Å². The van der Waals surface area contributed by atoms with Crippen LogP contribution in [-0.2, 0) is 6.54 Å². The Kier molecular flexibility index (Phi) is 4.15. The van der Waals surface area contributed by atoms with E-state index in [0.29, 0.717) is 6.54 Å². The zero-order valence-electron chi connectivity index (χ0n) is 11.7. The third-order valence-electron chi connectivity index (χ3n) is 3.60. The molecule has 1 heterocycles. The predicted octanol–water partition coefficient (Wildman–Crippen LogP) is 3.15. The topological polar surface area (TPSA) is 45.1 Å². The van der Waals surface area contributed by atoms with Gasteiger partial charge in [0, 0.05) is 24.4 Å².